The highest BCUT2D eigenvalue weighted by molar-refractivity contribution is 9.10. The van der Waals surface area contributed by atoms with Gasteiger partial charge in [-0.1, -0.05) is 15.9 Å². The zero-order valence-electron chi connectivity index (χ0n) is 13.9. The number of nitrogens with one attached hydrogen (secondary N) is 1. The van der Waals surface area contributed by atoms with Gasteiger partial charge in [-0.05, 0) is 44.9 Å². The monoisotopic (exact) mass is 417 g/mol. The van der Waals surface area contributed by atoms with Crippen molar-refractivity contribution < 1.29 is 23.2 Å². The van der Waals surface area contributed by atoms with Gasteiger partial charge in [-0.25, -0.2) is 0 Å². The van der Waals surface area contributed by atoms with E-state index in [1.807, 2.05) is 6.07 Å². The highest BCUT2D eigenvalue weighted by Crippen LogP contribution is 2.53. The molecule has 1 aliphatic rings. The van der Waals surface area contributed by atoms with E-state index in [9.17, 15) is 14.2 Å². The second-order valence-electron chi connectivity index (χ2n) is 5.45. The van der Waals surface area contributed by atoms with Crippen LogP contribution in [0.2, 0.25) is 0 Å². The molecule has 24 heavy (non-hydrogen) atoms. The van der Waals surface area contributed by atoms with Crippen LogP contribution in [0.3, 0.4) is 0 Å². The molecule has 1 aliphatic carbocycles. The van der Waals surface area contributed by atoms with Crippen LogP contribution in [-0.4, -0.2) is 30.6 Å². The Labute approximate surface area is 150 Å². The molecule has 1 unspecified atom stereocenters. The van der Waals surface area contributed by atoms with Crippen molar-refractivity contribution in [3.05, 3.63) is 27.7 Å². The fraction of sp³-hybridized carbons (Fsp3) is 0.500. The molecule has 1 atom stereocenters. The van der Waals surface area contributed by atoms with Crippen molar-refractivity contribution in [1.29, 1.82) is 0 Å². The zero-order valence-corrected chi connectivity index (χ0v) is 16.4. The lowest BCUT2D eigenvalue weighted by atomic mass is 10.1. The van der Waals surface area contributed by atoms with Crippen molar-refractivity contribution in [3.63, 3.8) is 0 Å². The van der Waals surface area contributed by atoms with E-state index < -0.39 is 19.2 Å². The molecule has 132 valence electrons. The number of carbonyl (C=O) groups excluding carboxylic acids is 2. The molecule has 0 bridgehead atoms. The van der Waals surface area contributed by atoms with E-state index in [0.29, 0.717) is 24.1 Å². The fourth-order valence-electron chi connectivity index (χ4n) is 2.66. The number of benzene rings is 1. The number of halogens is 1. The molecule has 0 spiro atoms. The molecule has 0 fully saturated rings. The SMILES string of the molecule is CCOP(=O)(OCC)C(C)C(=O)Nc1cc(Br)cc2c1C(=O)CC2. The first-order valence-corrected chi connectivity index (χ1v) is 10.3. The molecule has 1 amide bonds. The number of fused-ring (bicyclic) bond motifs is 1. The van der Waals surface area contributed by atoms with Crippen LogP contribution in [0.25, 0.3) is 0 Å². The van der Waals surface area contributed by atoms with E-state index >= 15 is 0 Å². The standard InChI is InChI=1S/C16H21BrNO5P/c1-4-22-24(21,23-5-2)10(3)16(20)18-13-9-12(17)8-11-6-7-14(19)15(11)13/h8-10H,4-7H2,1-3H3,(H,18,20). The van der Waals surface area contributed by atoms with Crippen molar-refractivity contribution in [2.24, 2.45) is 0 Å². The predicted octanol–water partition coefficient (Wildman–Crippen LogP) is 4.17. The van der Waals surface area contributed by atoms with Gasteiger partial charge in [0.25, 0.3) is 0 Å². The van der Waals surface area contributed by atoms with E-state index in [4.69, 9.17) is 9.05 Å². The third kappa shape index (κ3) is 3.97. The Morgan fingerprint density at radius 2 is 1.92 bits per heavy atom. The molecule has 2 rings (SSSR count). The first-order chi connectivity index (χ1) is 11.3. The van der Waals surface area contributed by atoms with Crippen LogP contribution in [0, 0.1) is 0 Å². The molecular formula is C16H21BrNO5P. The lowest BCUT2D eigenvalue weighted by Gasteiger charge is -2.23. The van der Waals surface area contributed by atoms with Crippen molar-refractivity contribution in [2.45, 2.75) is 39.3 Å². The summed E-state index contributed by atoms with van der Waals surface area (Å²) in [5.41, 5.74) is 0.873. The molecule has 0 aliphatic heterocycles. The average Bonchev–Trinajstić information content (AvgIpc) is 2.88. The van der Waals surface area contributed by atoms with Crippen molar-refractivity contribution >= 4 is 40.9 Å². The third-order valence-corrected chi connectivity index (χ3v) is 6.69. The maximum Gasteiger partial charge on any atom is 0.342 e. The maximum absolute atomic E-state index is 12.7. The summed E-state index contributed by atoms with van der Waals surface area (Å²) in [4.78, 5) is 24.6. The summed E-state index contributed by atoms with van der Waals surface area (Å²) in [6.45, 7) is 5.24. The molecule has 0 radical (unpaired) electrons. The van der Waals surface area contributed by atoms with Crippen LogP contribution < -0.4 is 5.32 Å². The lowest BCUT2D eigenvalue weighted by Crippen LogP contribution is -2.27. The fourth-order valence-corrected chi connectivity index (χ4v) is 4.76. The Kier molecular flexibility index (Phi) is 6.37. The number of rotatable bonds is 7. The molecule has 8 heteroatoms. The number of carbonyl (C=O) groups is 2. The quantitative estimate of drug-likeness (QED) is 0.673. The van der Waals surface area contributed by atoms with Gasteiger partial charge in [0.15, 0.2) is 5.78 Å². The number of aryl methyl sites for hydroxylation is 1. The third-order valence-electron chi connectivity index (χ3n) is 3.81. The Morgan fingerprint density at radius 1 is 1.29 bits per heavy atom. The summed E-state index contributed by atoms with van der Waals surface area (Å²) >= 11 is 3.39. The van der Waals surface area contributed by atoms with Crippen LogP contribution in [0.5, 0.6) is 0 Å². The molecule has 0 aromatic heterocycles. The van der Waals surface area contributed by atoms with Crippen LogP contribution in [0.1, 0.15) is 43.1 Å². The van der Waals surface area contributed by atoms with Gasteiger partial charge < -0.3 is 14.4 Å². The Hall–Kier alpha value is -1.01. The van der Waals surface area contributed by atoms with Gasteiger partial charge in [0.2, 0.25) is 5.91 Å². The van der Waals surface area contributed by atoms with Crippen molar-refractivity contribution in [1.82, 2.24) is 0 Å². The molecule has 1 N–H and O–H groups in total. The van der Waals surface area contributed by atoms with E-state index in [0.717, 1.165) is 10.0 Å². The lowest BCUT2D eigenvalue weighted by molar-refractivity contribution is -0.116. The smallest absolute Gasteiger partial charge is 0.325 e. The summed E-state index contributed by atoms with van der Waals surface area (Å²) in [5.74, 6) is -0.501. The Bertz CT molecular complexity index is 696. The minimum atomic E-state index is -3.56. The van der Waals surface area contributed by atoms with E-state index in [2.05, 4.69) is 21.2 Å². The summed E-state index contributed by atoms with van der Waals surface area (Å²) < 4.78 is 24.0. The number of Topliss-reactive ketones (excluding diaryl/α,β-unsaturated/α-hetero) is 1. The second kappa shape index (κ2) is 7.91. The summed E-state index contributed by atoms with van der Waals surface area (Å²) in [6, 6.07) is 3.56. The average molecular weight is 418 g/mol. The van der Waals surface area contributed by atoms with E-state index in [-0.39, 0.29) is 19.0 Å². The van der Waals surface area contributed by atoms with Crippen molar-refractivity contribution in [3.8, 4) is 0 Å². The number of anilines is 1. The van der Waals surface area contributed by atoms with Crippen molar-refractivity contribution in [2.75, 3.05) is 18.5 Å². The van der Waals surface area contributed by atoms with E-state index in [1.54, 1.807) is 19.9 Å². The summed E-state index contributed by atoms with van der Waals surface area (Å²) in [6.07, 6.45) is 1.09. The van der Waals surface area contributed by atoms with Gasteiger partial charge >= 0.3 is 7.60 Å². The molecule has 0 saturated carbocycles. The first kappa shape index (κ1) is 19.3. The first-order valence-electron chi connectivity index (χ1n) is 7.87. The number of hydrogen-bond acceptors (Lipinski definition) is 5. The highest BCUT2D eigenvalue weighted by Gasteiger charge is 2.38. The van der Waals surface area contributed by atoms with Gasteiger partial charge in [-0.15, -0.1) is 0 Å². The van der Waals surface area contributed by atoms with Crippen LogP contribution >= 0.6 is 23.5 Å². The van der Waals surface area contributed by atoms with Gasteiger partial charge in [0, 0.05) is 16.5 Å². The van der Waals surface area contributed by atoms with Crippen LogP contribution in [0.4, 0.5) is 5.69 Å². The topological polar surface area (TPSA) is 81.7 Å². The molecular weight excluding hydrogens is 397 g/mol. The molecule has 6 nitrogen and oxygen atoms in total. The molecule has 1 aromatic rings. The largest absolute Gasteiger partial charge is 0.342 e. The molecule has 1 aromatic carbocycles. The summed E-state index contributed by atoms with van der Waals surface area (Å²) in [7, 11) is -3.56. The molecule has 0 saturated heterocycles. The minimum Gasteiger partial charge on any atom is -0.325 e. The Morgan fingerprint density at radius 3 is 2.50 bits per heavy atom. The maximum atomic E-state index is 12.7. The van der Waals surface area contributed by atoms with Gasteiger partial charge in [0.05, 0.1) is 18.9 Å². The van der Waals surface area contributed by atoms with Gasteiger partial charge in [0.1, 0.15) is 5.66 Å². The number of ketones is 1. The molecule has 0 heterocycles. The van der Waals surface area contributed by atoms with Crippen LogP contribution in [-0.2, 0) is 24.8 Å². The predicted molar refractivity (Wildman–Crippen MR) is 95.7 cm³/mol. The minimum absolute atomic E-state index is 0.00162. The van der Waals surface area contributed by atoms with Gasteiger partial charge in [-0.3, -0.25) is 14.2 Å². The highest BCUT2D eigenvalue weighted by atomic mass is 79.9. The van der Waals surface area contributed by atoms with Gasteiger partial charge in [-0.2, -0.15) is 0 Å². The normalized spacial score (nSPS) is 15.2. The number of amides is 1. The Balaban J connectivity index is 2.27. The van der Waals surface area contributed by atoms with Crippen LogP contribution in [0.15, 0.2) is 16.6 Å². The van der Waals surface area contributed by atoms with E-state index in [1.165, 1.54) is 6.92 Å². The second-order valence-corrected chi connectivity index (χ2v) is 8.74. The zero-order chi connectivity index (χ0) is 17.9. The summed E-state index contributed by atoms with van der Waals surface area (Å²) in [5, 5.41) is 2.71. The number of hydrogen-bond donors (Lipinski definition) is 1.